The quantitative estimate of drug-likeness (QED) is 0.603. The molecular formula is C23H24F3N3O5. The van der Waals surface area contributed by atoms with Crippen LogP contribution >= 0.6 is 0 Å². The van der Waals surface area contributed by atoms with Gasteiger partial charge >= 0.3 is 6.18 Å². The van der Waals surface area contributed by atoms with Crippen LogP contribution in [0.2, 0.25) is 0 Å². The molecule has 3 amide bonds. The Bertz CT molecular complexity index is 1000. The number of amides is 3. The molecule has 2 N–H and O–H groups in total. The number of nitrogens with one attached hydrogen (secondary N) is 2. The van der Waals surface area contributed by atoms with E-state index in [0.717, 1.165) is 12.1 Å². The molecule has 1 atom stereocenters. The van der Waals surface area contributed by atoms with E-state index in [0.29, 0.717) is 12.1 Å². The summed E-state index contributed by atoms with van der Waals surface area (Å²) in [6.07, 6.45) is -5.01. The van der Waals surface area contributed by atoms with Gasteiger partial charge in [0.25, 0.3) is 5.91 Å². The minimum Gasteiger partial charge on any atom is -0.491 e. The van der Waals surface area contributed by atoms with Gasteiger partial charge in [0, 0.05) is 12.1 Å². The predicted molar refractivity (Wildman–Crippen MR) is 115 cm³/mol. The fourth-order valence-electron chi connectivity index (χ4n) is 3.20. The highest BCUT2D eigenvalue weighted by Gasteiger charge is 2.31. The van der Waals surface area contributed by atoms with E-state index in [-0.39, 0.29) is 44.5 Å². The summed E-state index contributed by atoms with van der Waals surface area (Å²) in [5.41, 5.74) is -0.403. The first kappa shape index (κ1) is 25.0. The number of ether oxygens (including phenoxy) is 2. The summed E-state index contributed by atoms with van der Waals surface area (Å²) in [4.78, 5) is 37.8. The van der Waals surface area contributed by atoms with Gasteiger partial charge in [-0.15, -0.1) is 0 Å². The number of hydrogen-bond donors (Lipinski definition) is 2. The summed E-state index contributed by atoms with van der Waals surface area (Å²) in [5, 5.41) is 4.93. The molecule has 0 unspecified atom stereocenters. The lowest BCUT2D eigenvalue weighted by Crippen LogP contribution is -2.51. The van der Waals surface area contributed by atoms with E-state index in [1.165, 1.54) is 17.0 Å². The normalized spacial score (nSPS) is 16.0. The van der Waals surface area contributed by atoms with Crippen LogP contribution in [0.15, 0.2) is 54.6 Å². The molecule has 0 aliphatic carbocycles. The van der Waals surface area contributed by atoms with Crippen molar-refractivity contribution in [2.75, 3.05) is 39.4 Å². The topological polar surface area (TPSA) is 97.0 Å². The lowest BCUT2D eigenvalue weighted by molar-refractivity contribution is -0.140. The molecule has 34 heavy (non-hydrogen) atoms. The Balaban J connectivity index is 1.40. The molecule has 0 radical (unpaired) electrons. The molecular weight excluding hydrogens is 455 g/mol. The third-order valence-corrected chi connectivity index (χ3v) is 4.97. The maximum atomic E-state index is 12.8. The van der Waals surface area contributed by atoms with Gasteiger partial charge in [-0.1, -0.05) is 24.3 Å². The highest BCUT2D eigenvalue weighted by Crippen LogP contribution is 2.31. The van der Waals surface area contributed by atoms with Gasteiger partial charge in [0.15, 0.2) is 0 Å². The second kappa shape index (κ2) is 11.5. The van der Waals surface area contributed by atoms with E-state index >= 15 is 0 Å². The predicted octanol–water partition coefficient (Wildman–Crippen LogP) is 1.86. The van der Waals surface area contributed by atoms with Crippen LogP contribution in [0.4, 0.5) is 13.2 Å². The number of benzene rings is 2. The molecule has 2 aromatic rings. The van der Waals surface area contributed by atoms with E-state index in [1.54, 1.807) is 30.3 Å². The molecule has 0 saturated carbocycles. The molecule has 8 nitrogen and oxygen atoms in total. The van der Waals surface area contributed by atoms with Crippen molar-refractivity contribution in [2.45, 2.75) is 12.3 Å². The number of carbonyl (C=O) groups excluding carboxylic acids is 3. The molecule has 0 spiro atoms. The van der Waals surface area contributed by atoms with Crippen LogP contribution in [0, 0.1) is 0 Å². The van der Waals surface area contributed by atoms with Gasteiger partial charge in [-0.3, -0.25) is 14.4 Å². The molecule has 11 heteroatoms. The standard InChI is InChI=1S/C23H24F3N3O5/c24-23(25,26)17-7-4-8-18(11-17)34-15-19-14-29(9-10-33-19)21(31)13-27-20(30)12-28-22(32)16-5-2-1-3-6-16/h1-8,11,19H,9-10,12-15H2,(H,27,30)(H,28,32)/t19-/m0/s1. The summed E-state index contributed by atoms with van der Waals surface area (Å²) in [7, 11) is 0. The van der Waals surface area contributed by atoms with E-state index in [2.05, 4.69) is 10.6 Å². The Morgan fingerprint density at radius 3 is 2.53 bits per heavy atom. The Kier molecular flexibility index (Phi) is 8.47. The third-order valence-electron chi connectivity index (χ3n) is 4.97. The summed E-state index contributed by atoms with van der Waals surface area (Å²) >= 11 is 0. The molecule has 1 heterocycles. The Morgan fingerprint density at radius 2 is 1.79 bits per heavy atom. The smallest absolute Gasteiger partial charge is 0.416 e. The van der Waals surface area contributed by atoms with Gasteiger partial charge in [-0.2, -0.15) is 13.2 Å². The van der Waals surface area contributed by atoms with Crippen LogP contribution in [-0.4, -0.2) is 68.1 Å². The van der Waals surface area contributed by atoms with Crippen LogP contribution in [0.3, 0.4) is 0 Å². The highest BCUT2D eigenvalue weighted by atomic mass is 19.4. The van der Waals surface area contributed by atoms with Crippen molar-refractivity contribution in [3.05, 3.63) is 65.7 Å². The van der Waals surface area contributed by atoms with Crippen molar-refractivity contribution in [3.8, 4) is 5.75 Å². The molecule has 3 rings (SSSR count). The van der Waals surface area contributed by atoms with Crippen molar-refractivity contribution < 1.29 is 37.0 Å². The molecule has 0 aromatic heterocycles. The largest absolute Gasteiger partial charge is 0.491 e. The zero-order valence-corrected chi connectivity index (χ0v) is 18.1. The third kappa shape index (κ3) is 7.48. The lowest BCUT2D eigenvalue weighted by atomic mass is 10.2. The second-order valence-electron chi connectivity index (χ2n) is 7.49. The number of carbonyl (C=O) groups is 3. The van der Waals surface area contributed by atoms with Crippen molar-refractivity contribution in [3.63, 3.8) is 0 Å². The number of morpholine rings is 1. The maximum absolute atomic E-state index is 12.8. The zero-order chi connectivity index (χ0) is 24.6. The van der Waals surface area contributed by atoms with Crippen molar-refractivity contribution in [1.82, 2.24) is 15.5 Å². The fraction of sp³-hybridized carbons (Fsp3) is 0.348. The van der Waals surface area contributed by atoms with Crippen LogP contribution in [0.5, 0.6) is 5.75 Å². The fourth-order valence-corrected chi connectivity index (χ4v) is 3.20. The summed E-state index contributed by atoms with van der Waals surface area (Å²) in [6.45, 7) is 0.114. The zero-order valence-electron chi connectivity index (χ0n) is 18.1. The molecule has 0 bridgehead atoms. The molecule has 1 aliphatic heterocycles. The van der Waals surface area contributed by atoms with Crippen LogP contribution in [0.1, 0.15) is 15.9 Å². The van der Waals surface area contributed by atoms with E-state index in [4.69, 9.17) is 9.47 Å². The monoisotopic (exact) mass is 479 g/mol. The van der Waals surface area contributed by atoms with Gasteiger partial charge in [0.1, 0.15) is 18.5 Å². The Hall–Kier alpha value is -3.60. The minimum atomic E-state index is -4.47. The van der Waals surface area contributed by atoms with Crippen LogP contribution < -0.4 is 15.4 Å². The van der Waals surface area contributed by atoms with Crippen LogP contribution in [0.25, 0.3) is 0 Å². The Morgan fingerprint density at radius 1 is 1.03 bits per heavy atom. The van der Waals surface area contributed by atoms with Gasteiger partial charge in [-0.05, 0) is 30.3 Å². The summed E-state index contributed by atoms with van der Waals surface area (Å²) in [6, 6.07) is 12.9. The number of nitrogens with zero attached hydrogens (tertiary/aromatic N) is 1. The molecule has 182 valence electrons. The number of alkyl halides is 3. The van der Waals surface area contributed by atoms with Crippen molar-refractivity contribution in [1.29, 1.82) is 0 Å². The SMILES string of the molecule is O=C(CNC(=O)c1ccccc1)NCC(=O)N1CCO[C@H](COc2cccc(C(F)(F)F)c2)C1. The molecule has 1 fully saturated rings. The summed E-state index contributed by atoms with van der Waals surface area (Å²) in [5.74, 6) is -1.23. The highest BCUT2D eigenvalue weighted by molar-refractivity contribution is 5.96. The second-order valence-corrected chi connectivity index (χ2v) is 7.49. The summed E-state index contributed by atoms with van der Waals surface area (Å²) < 4.78 is 49.4. The first-order valence-corrected chi connectivity index (χ1v) is 10.5. The first-order valence-electron chi connectivity index (χ1n) is 10.5. The molecule has 2 aromatic carbocycles. The van der Waals surface area contributed by atoms with Crippen LogP contribution in [-0.2, 0) is 20.5 Å². The number of hydrogen-bond acceptors (Lipinski definition) is 5. The van der Waals surface area contributed by atoms with Gasteiger partial charge < -0.3 is 25.0 Å². The minimum absolute atomic E-state index is 0.0387. The number of halogens is 3. The van der Waals surface area contributed by atoms with E-state index in [9.17, 15) is 27.6 Å². The lowest BCUT2D eigenvalue weighted by Gasteiger charge is -2.33. The number of rotatable bonds is 8. The maximum Gasteiger partial charge on any atom is 0.416 e. The van der Waals surface area contributed by atoms with Gasteiger partial charge in [0.2, 0.25) is 11.8 Å². The van der Waals surface area contributed by atoms with E-state index in [1.807, 2.05) is 0 Å². The Labute approximate surface area is 194 Å². The average Bonchev–Trinajstić information content (AvgIpc) is 2.85. The molecule has 1 saturated heterocycles. The first-order chi connectivity index (χ1) is 16.2. The van der Waals surface area contributed by atoms with Gasteiger partial charge in [0.05, 0.1) is 31.8 Å². The van der Waals surface area contributed by atoms with Gasteiger partial charge in [-0.25, -0.2) is 0 Å². The van der Waals surface area contributed by atoms with Crippen molar-refractivity contribution in [2.24, 2.45) is 0 Å². The average molecular weight is 479 g/mol. The van der Waals surface area contributed by atoms with E-state index < -0.39 is 29.7 Å². The molecule has 1 aliphatic rings. The van der Waals surface area contributed by atoms with Crippen molar-refractivity contribution >= 4 is 17.7 Å².